The summed E-state index contributed by atoms with van der Waals surface area (Å²) in [6, 6.07) is 9.47. The number of carbonyl (C=O) groups is 1. The Balaban J connectivity index is 1.81. The zero-order chi connectivity index (χ0) is 17.1. The highest BCUT2D eigenvalue weighted by Crippen LogP contribution is 2.24. The first-order valence-corrected chi connectivity index (χ1v) is 8.50. The second-order valence-corrected chi connectivity index (χ2v) is 6.59. The number of rotatable bonds is 4. The van der Waals surface area contributed by atoms with Gasteiger partial charge in [0.1, 0.15) is 17.5 Å². The van der Waals surface area contributed by atoms with Crippen LogP contribution < -0.4 is 10.2 Å². The van der Waals surface area contributed by atoms with Gasteiger partial charge in [-0.1, -0.05) is 19.1 Å². The first-order valence-electron chi connectivity index (χ1n) is 8.50. The van der Waals surface area contributed by atoms with Crippen molar-refractivity contribution in [1.82, 2.24) is 9.97 Å². The van der Waals surface area contributed by atoms with Gasteiger partial charge in [-0.05, 0) is 44.7 Å². The molecule has 1 aliphatic heterocycles. The molecule has 0 atom stereocenters. The van der Waals surface area contributed by atoms with Crippen LogP contribution in [0.1, 0.15) is 42.9 Å². The lowest BCUT2D eigenvalue weighted by atomic mass is 9.99. The molecule has 1 N–H and O–H groups in total. The average Bonchev–Trinajstić information content (AvgIpc) is 2.55. The summed E-state index contributed by atoms with van der Waals surface area (Å²) in [5.74, 6) is 3.32. The van der Waals surface area contributed by atoms with E-state index in [1.54, 1.807) is 6.92 Å². The number of aromatic nitrogens is 2. The quantitative estimate of drug-likeness (QED) is 0.863. The number of carbonyl (C=O) groups excluding carboxylic acids is 1. The molecule has 0 amide bonds. The van der Waals surface area contributed by atoms with Gasteiger partial charge >= 0.3 is 0 Å². The van der Waals surface area contributed by atoms with Crippen LogP contribution in [0, 0.1) is 12.8 Å². The van der Waals surface area contributed by atoms with Gasteiger partial charge in [0.2, 0.25) is 0 Å². The van der Waals surface area contributed by atoms with Crippen molar-refractivity contribution >= 4 is 23.1 Å². The zero-order valence-electron chi connectivity index (χ0n) is 14.5. The normalized spacial score (nSPS) is 15.4. The van der Waals surface area contributed by atoms with Crippen LogP contribution in [0.2, 0.25) is 0 Å². The van der Waals surface area contributed by atoms with Gasteiger partial charge < -0.3 is 10.2 Å². The first kappa shape index (κ1) is 16.4. The number of nitrogens with zero attached hydrogens (tertiary/aromatic N) is 3. The third-order valence-electron chi connectivity index (χ3n) is 4.47. The highest BCUT2D eigenvalue weighted by atomic mass is 16.1. The van der Waals surface area contributed by atoms with Crippen LogP contribution in [0.25, 0.3) is 0 Å². The molecule has 1 aromatic carbocycles. The van der Waals surface area contributed by atoms with Crippen molar-refractivity contribution in [2.75, 3.05) is 23.3 Å². The Bertz CT molecular complexity index is 736. The third-order valence-corrected chi connectivity index (χ3v) is 4.47. The summed E-state index contributed by atoms with van der Waals surface area (Å²) in [4.78, 5) is 22.9. The number of anilines is 3. The topological polar surface area (TPSA) is 58.1 Å². The van der Waals surface area contributed by atoms with Crippen LogP contribution in [0.3, 0.4) is 0 Å². The van der Waals surface area contributed by atoms with E-state index in [2.05, 4.69) is 27.1 Å². The van der Waals surface area contributed by atoms with Crippen molar-refractivity contribution in [3.63, 3.8) is 0 Å². The fourth-order valence-corrected chi connectivity index (χ4v) is 2.98. The largest absolute Gasteiger partial charge is 0.356 e. The molecule has 0 spiro atoms. The SMILES string of the molecule is CC(=O)c1cccc(Nc2cc(N3CCC(C)CC3)nc(C)n2)c1. The van der Waals surface area contributed by atoms with E-state index in [-0.39, 0.29) is 5.78 Å². The predicted octanol–water partition coefficient (Wildman–Crippen LogP) is 3.97. The zero-order valence-corrected chi connectivity index (χ0v) is 14.5. The van der Waals surface area contributed by atoms with E-state index in [0.29, 0.717) is 5.56 Å². The second kappa shape index (κ2) is 6.99. The fraction of sp³-hybridized carbons (Fsp3) is 0.421. The molecule has 1 aromatic heterocycles. The van der Waals surface area contributed by atoms with E-state index in [1.807, 2.05) is 37.3 Å². The smallest absolute Gasteiger partial charge is 0.159 e. The number of piperidine rings is 1. The van der Waals surface area contributed by atoms with Crippen molar-refractivity contribution < 1.29 is 4.79 Å². The molecule has 1 saturated heterocycles. The van der Waals surface area contributed by atoms with Crippen LogP contribution >= 0.6 is 0 Å². The van der Waals surface area contributed by atoms with E-state index in [9.17, 15) is 4.79 Å². The standard InChI is InChI=1S/C19H24N4O/c1-13-7-9-23(10-8-13)19-12-18(20-15(3)21-19)22-17-6-4-5-16(11-17)14(2)24/h4-6,11-13H,7-10H2,1-3H3,(H,20,21,22). The van der Waals surface area contributed by atoms with Crippen molar-refractivity contribution in [2.24, 2.45) is 5.92 Å². The molecular formula is C19H24N4O. The molecule has 1 aliphatic rings. The molecule has 24 heavy (non-hydrogen) atoms. The van der Waals surface area contributed by atoms with Gasteiger partial charge in [-0.25, -0.2) is 9.97 Å². The van der Waals surface area contributed by atoms with Crippen molar-refractivity contribution in [1.29, 1.82) is 0 Å². The van der Waals surface area contributed by atoms with Gasteiger partial charge in [0, 0.05) is 30.4 Å². The molecule has 0 unspecified atom stereocenters. The molecule has 0 aliphatic carbocycles. The van der Waals surface area contributed by atoms with Gasteiger partial charge in [0.15, 0.2) is 5.78 Å². The van der Waals surface area contributed by atoms with E-state index < -0.39 is 0 Å². The van der Waals surface area contributed by atoms with Crippen LogP contribution in [0.15, 0.2) is 30.3 Å². The van der Waals surface area contributed by atoms with E-state index in [4.69, 9.17) is 0 Å². The lowest BCUT2D eigenvalue weighted by Crippen LogP contribution is -2.33. The molecule has 1 fully saturated rings. The Morgan fingerprint density at radius 2 is 1.96 bits per heavy atom. The minimum Gasteiger partial charge on any atom is -0.356 e. The lowest BCUT2D eigenvalue weighted by Gasteiger charge is -2.31. The Hall–Kier alpha value is -2.43. The highest BCUT2D eigenvalue weighted by Gasteiger charge is 2.18. The van der Waals surface area contributed by atoms with Crippen LogP contribution in [-0.2, 0) is 0 Å². The molecule has 126 valence electrons. The number of aryl methyl sites for hydroxylation is 1. The van der Waals surface area contributed by atoms with E-state index in [1.165, 1.54) is 12.8 Å². The summed E-state index contributed by atoms with van der Waals surface area (Å²) in [5, 5.41) is 3.30. The number of Topliss-reactive ketones (excluding diaryl/α,β-unsaturated/α-hetero) is 1. The van der Waals surface area contributed by atoms with E-state index in [0.717, 1.165) is 42.2 Å². The summed E-state index contributed by atoms with van der Waals surface area (Å²) in [5.41, 5.74) is 1.55. The fourth-order valence-electron chi connectivity index (χ4n) is 2.98. The molecule has 5 heteroatoms. The first-order chi connectivity index (χ1) is 11.5. The molecule has 2 heterocycles. The van der Waals surface area contributed by atoms with Crippen molar-refractivity contribution in [3.8, 4) is 0 Å². The summed E-state index contributed by atoms with van der Waals surface area (Å²) >= 11 is 0. The lowest BCUT2D eigenvalue weighted by molar-refractivity contribution is 0.101. The molecule has 0 saturated carbocycles. The number of hydrogen-bond donors (Lipinski definition) is 1. The van der Waals surface area contributed by atoms with Crippen molar-refractivity contribution in [3.05, 3.63) is 41.7 Å². The highest BCUT2D eigenvalue weighted by molar-refractivity contribution is 5.95. The van der Waals surface area contributed by atoms with E-state index >= 15 is 0 Å². The monoisotopic (exact) mass is 324 g/mol. The van der Waals surface area contributed by atoms with Crippen LogP contribution in [-0.4, -0.2) is 28.8 Å². The van der Waals surface area contributed by atoms with Gasteiger partial charge in [-0.2, -0.15) is 0 Å². The summed E-state index contributed by atoms with van der Waals surface area (Å²) in [7, 11) is 0. The van der Waals surface area contributed by atoms with Gasteiger partial charge in [-0.3, -0.25) is 4.79 Å². The number of nitrogens with one attached hydrogen (secondary N) is 1. The Morgan fingerprint density at radius 3 is 2.67 bits per heavy atom. The Morgan fingerprint density at radius 1 is 1.21 bits per heavy atom. The number of hydrogen-bond acceptors (Lipinski definition) is 5. The third kappa shape index (κ3) is 3.91. The number of benzene rings is 1. The summed E-state index contributed by atoms with van der Waals surface area (Å²) in [6.45, 7) is 7.86. The van der Waals surface area contributed by atoms with Crippen LogP contribution in [0.5, 0.6) is 0 Å². The molecule has 3 rings (SSSR count). The average molecular weight is 324 g/mol. The minimum absolute atomic E-state index is 0.0562. The maximum Gasteiger partial charge on any atom is 0.159 e. The van der Waals surface area contributed by atoms with Gasteiger partial charge in [0.05, 0.1) is 0 Å². The van der Waals surface area contributed by atoms with Crippen LogP contribution in [0.4, 0.5) is 17.3 Å². The molecule has 2 aromatic rings. The molecule has 0 bridgehead atoms. The summed E-state index contributed by atoms with van der Waals surface area (Å²) < 4.78 is 0. The van der Waals surface area contributed by atoms with Crippen molar-refractivity contribution in [2.45, 2.75) is 33.6 Å². The summed E-state index contributed by atoms with van der Waals surface area (Å²) in [6.07, 6.45) is 2.40. The second-order valence-electron chi connectivity index (χ2n) is 6.59. The predicted molar refractivity (Wildman–Crippen MR) is 97.1 cm³/mol. The maximum absolute atomic E-state index is 11.5. The van der Waals surface area contributed by atoms with Gasteiger partial charge in [0.25, 0.3) is 0 Å². The molecular weight excluding hydrogens is 300 g/mol. The minimum atomic E-state index is 0.0562. The molecule has 0 radical (unpaired) electrons. The number of ketones is 1. The Labute approximate surface area is 143 Å². The van der Waals surface area contributed by atoms with Gasteiger partial charge in [-0.15, -0.1) is 0 Å². The maximum atomic E-state index is 11.5. The Kier molecular flexibility index (Phi) is 4.79. The molecule has 5 nitrogen and oxygen atoms in total.